The lowest BCUT2D eigenvalue weighted by molar-refractivity contribution is -0.118. The van der Waals surface area contributed by atoms with Gasteiger partial charge in [-0.1, -0.05) is 49.4 Å². The molecule has 3 aromatic carbocycles. The van der Waals surface area contributed by atoms with E-state index in [1.807, 2.05) is 35.6 Å². The van der Waals surface area contributed by atoms with Crippen molar-refractivity contribution in [3.63, 3.8) is 0 Å². The predicted molar refractivity (Wildman–Crippen MR) is 302 cm³/mol. The predicted octanol–water partition coefficient (Wildman–Crippen LogP) is 7.02. The molecule has 0 radical (unpaired) electrons. The Morgan fingerprint density at radius 1 is 0.585 bits per heavy atom. The molecular weight excluding hydrogens is 1050 g/mol. The summed E-state index contributed by atoms with van der Waals surface area (Å²) in [6.45, 7) is 19.5. The summed E-state index contributed by atoms with van der Waals surface area (Å²) in [5, 5.41) is 51.9. The van der Waals surface area contributed by atoms with E-state index < -0.39 is 22.4 Å². The third-order valence-electron chi connectivity index (χ3n) is 15.8. The zero-order valence-electron chi connectivity index (χ0n) is 48.5. The monoisotopic (exact) mass is 1140 g/mol. The number of hydrogen-bond acceptors (Lipinski definition) is 19. The van der Waals surface area contributed by atoms with E-state index in [-0.39, 0.29) is 53.1 Å². The summed E-state index contributed by atoms with van der Waals surface area (Å²) in [5.41, 5.74) is 2.31. The maximum absolute atomic E-state index is 13.6. The number of carbonyl (C=O) groups is 2. The number of fused-ring (bicyclic) bond motifs is 6. The van der Waals surface area contributed by atoms with Crippen molar-refractivity contribution in [2.75, 3.05) is 91.6 Å². The minimum absolute atomic E-state index is 0.0386. The number of anilines is 1. The molecule has 82 heavy (non-hydrogen) atoms. The van der Waals surface area contributed by atoms with E-state index in [9.17, 15) is 19.8 Å². The lowest BCUT2D eigenvalue weighted by Gasteiger charge is -2.37. The van der Waals surface area contributed by atoms with Gasteiger partial charge in [-0.25, -0.2) is 9.48 Å². The van der Waals surface area contributed by atoms with Gasteiger partial charge in [0.15, 0.2) is 5.60 Å². The van der Waals surface area contributed by atoms with Gasteiger partial charge >= 0.3 is 5.97 Å². The minimum atomic E-state index is -1.41. The molecule has 1 amide bonds. The number of aryl methyl sites for hydroxylation is 2. The Balaban J connectivity index is 0.802. The summed E-state index contributed by atoms with van der Waals surface area (Å²) in [6.07, 6.45) is 10.9. The van der Waals surface area contributed by atoms with Crippen LogP contribution in [-0.4, -0.2) is 153 Å². The summed E-state index contributed by atoms with van der Waals surface area (Å²) < 4.78 is 55.6. The van der Waals surface area contributed by atoms with Gasteiger partial charge in [0.05, 0.1) is 115 Å². The van der Waals surface area contributed by atoms with Crippen LogP contribution in [0.15, 0.2) is 73.2 Å². The van der Waals surface area contributed by atoms with Crippen molar-refractivity contribution < 1.29 is 57.7 Å². The molecule has 8 rings (SSSR count). The van der Waals surface area contributed by atoms with Crippen LogP contribution in [0.25, 0.3) is 0 Å². The van der Waals surface area contributed by atoms with Crippen LogP contribution in [0.5, 0.6) is 23.0 Å². The first kappa shape index (κ1) is 61.2. The van der Waals surface area contributed by atoms with E-state index in [2.05, 4.69) is 69.3 Å². The number of methoxy groups -OCH3 is 1. The van der Waals surface area contributed by atoms with Gasteiger partial charge in [-0.15, -0.1) is 15.3 Å². The van der Waals surface area contributed by atoms with Crippen molar-refractivity contribution in [2.45, 2.75) is 112 Å². The van der Waals surface area contributed by atoms with Crippen molar-refractivity contribution in [3.05, 3.63) is 113 Å². The van der Waals surface area contributed by atoms with Gasteiger partial charge in [-0.3, -0.25) is 19.5 Å². The number of hydrogen-bond donors (Lipinski definition) is 4. The Morgan fingerprint density at radius 2 is 1.04 bits per heavy atom. The molecule has 23 heteroatoms. The smallest absolute Gasteiger partial charge is 0.340 e. The molecule has 2 aliphatic rings. The first-order valence-electron chi connectivity index (χ1n) is 28.5. The maximum Gasteiger partial charge on any atom is 0.340 e. The number of benzene rings is 3. The number of esters is 1. The number of aromatic hydroxyl groups is 2. The normalized spacial score (nSPS) is 14.9. The molecule has 4 N–H and O–H groups in total. The number of phenols is 2. The molecule has 0 saturated heterocycles. The second-order valence-electron chi connectivity index (χ2n) is 21.5. The lowest BCUT2D eigenvalue weighted by Crippen LogP contribution is -2.42. The van der Waals surface area contributed by atoms with Crippen LogP contribution in [0, 0.1) is 16.2 Å². The van der Waals surface area contributed by atoms with Gasteiger partial charge in [0.2, 0.25) is 5.91 Å². The molecular formula is C59H81N11O12. The largest absolute Gasteiger partial charge is 0.508 e. The molecule has 0 fully saturated rings. The maximum atomic E-state index is 13.6. The van der Waals surface area contributed by atoms with Crippen molar-refractivity contribution in [1.29, 1.82) is 0 Å². The summed E-state index contributed by atoms with van der Waals surface area (Å²) in [7, 11) is 1.69. The Morgan fingerprint density at radius 3 is 1.52 bits per heavy atom. The number of ether oxygens (including phenoxy) is 8. The molecule has 5 heterocycles. The van der Waals surface area contributed by atoms with Crippen LogP contribution in [0.3, 0.4) is 0 Å². The fourth-order valence-corrected chi connectivity index (χ4v) is 10.3. The average molecular weight is 1140 g/mol. The van der Waals surface area contributed by atoms with E-state index in [0.717, 1.165) is 55.9 Å². The second-order valence-corrected chi connectivity index (χ2v) is 21.5. The van der Waals surface area contributed by atoms with Gasteiger partial charge in [0, 0.05) is 103 Å². The van der Waals surface area contributed by atoms with Gasteiger partial charge in [0.1, 0.15) is 23.0 Å². The molecule has 2 atom stereocenters. The summed E-state index contributed by atoms with van der Waals surface area (Å²) in [6, 6.07) is 14.1. The fourth-order valence-electron chi connectivity index (χ4n) is 10.3. The zero-order valence-corrected chi connectivity index (χ0v) is 48.5. The Bertz CT molecular complexity index is 2980. The van der Waals surface area contributed by atoms with E-state index in [4.69, 9.17) is 37.9 Å². The number of amides is 1. The molecule has 6 aromatic rings. The summed E-state index contributed by atoms with van der Waals surface area (Å²) in [5.74, 6) is -0.476. The van der Waals surface area contributed by atoms with Gasteiger partial charge in [0.25, 0.3) is 0 Å². The molecule has 3 aromatic heterocycles. The lowest BCUT2D eigenvalue weighted by atomic mass is 9.77. The average Bonchev–Trinajstić information content (AvgIpc) is 1.79. The molecule has 2 unspecified atom stereocenters. The first-order chi connectivity index (χ1) is 39.8. The van der Waals surface area contributed by atoms with Crippen LogP contribution in [0.1, 0.15) is 111 Å². The van der Waals surface area contributed by atoms with Crippen LogP contribution < -0.4 is 15.4 Å². The van der Waals surface area contributed by atoms with E-state index >= 15 is 0 Å². The van der Waals surface area contributed by atoms with Crippen LogP contribution >= 0.6 is 0 Å². The number of nitrogens with one attached hydrogen (secondary N) is 2. The summed E-state index contributed by atoms with van der Waals surface area (Å²) >= 11 is 0. The fraction of sp³-hybridized carbons (Fsp3) is 0.559. The highest BCUT2D eigenvalue weighted by atomic mass is 16.6. The Labute approximate surface area is 479 Å². The molecule has 1 spiro atoms. The van der Waals surface area contributed by atoms with Crippen molar-refractivity contribution in [2.24, 2.45) is 16.2 Å². The molecule has 23 nitrogen and oxygen atoms in total. The number of carbonyl (C=O) groups excluding carboxylic acids is 2. The summed E-state index contributed by atoms with van der Waals surface area (Å²) in [4.78, 5) is 26.7. The third-order valence-corrected chi connectivity index (χ3v) is 15.8. The van der Waals surface area contributed by atoms with Crippen LogP contribution in [-0.2, 0) is 82.6 Å². The van der Waals surface area contributed by atoms with E-state index in [1.165, 1.54) is 24.3 Å². The van der Waals surface area contributed by atoms with E-state index in [0.29, 0.717) is 114 Å². The quantitative estimate of drug-likeness (QED) is 0.0227. The number of nitrogens with zero attached hydrogens (tertiary/aromatic N) is 9. The Kier molecular flexibility index (Phi) is 21.2. The number of aromatic nitrogens is 9. The zero-order chi connectivity index (χ0) is 58.2. The Hall–Kier alpha value is -6.86. The van der Waals surface area contributed by atoms with Gasteiger partial charge in [-0.2, -0.15) is 0 Å². The topological polar surface area (TPSA) is 265 Å². The second kappa shape index (κ2) is 28.4. The molecule has 0 aliphatic carbocycles. The standard InChI is InChI=1S/C59H81N11O12/c1-8-56(9-2,34-76-23-20-43-30-68(12-5)65-62-43)35-79-39-58(11-4,37-78-24-21-44-31-69(13-6)66-63-44)40-80-38-57(10-3,33-75-7)36-77-25-22-45-32-70(67-64-45)41-60-29-54(73)61-42-14-17-49-48(26-42)55(74)82-59(49)50-18-15-46(71)27-52(50)81-53-28-47(72)16-19-51(53)59/h14-19,26-28,30-32,60,71-72H,8-13,20-25,29,33-41H2,1-7H3,(H,61,73). The number of rotatable bonds is 36. The van der Waals surface area contributed by atoms with Crippen molar-refractivity contribution in [1.82, 2.24) is 50.3 Å². The third kappa shape index (κ3) is 14.8. The number of phenolic OH excluding ortho intramolecular Hbond substituents is 2. The first-order valence-corrected chi connectivity index (χ1v) is 28.5. The van der Waals surface area contributed by atoms with Gasteiger partial charge < -0.3 is 53.4 Å². The highest BCUT2D eigenvalue weighted by Gasteiger charge is 2.54. The van der Waals surface area contributed by atoms with Gasteiger partial charge in [-0.05, 0) is 75.9 Å². The van der Waals surface area contributed by atoms with Crippen molar-refractivity contribution >= 4 is 17.6 Å². The molecule has 444 valence electrons. The SMILES string of the molecule is CCn1cc(CCOCC(CC)(CC)COCC(CC)(COCCc2cn(CC)nn2)COCC(CC)(COC)COCCc2cn(CNCC(=O)Nc3ccc4c(c3)C(=O)OC43c4ccc(O)cc4Oc4cc(O)ccc43)nn2)nn1. The highest BCUT2D eigenvalue weighted by Crippen LogP contribution is 2.57. The molecule has 0 bridgehead atoms. The van der Waals surface area contributed by atoms with Crippen LogP contribution in [0.4, 0.5) is 5.69 Å². The van der Waals surface area contributed by atoms with Crippen molar-refractivity contribution in [3.8, 4) is 23.0 Å². The molecule has 2 aliphatic heterocycles. The van der Waals surface area contributed by atoms with E-state index in [1.54, 1.807) is 48.3 Å². The minimum Gasteiger partial charge on any atom is -0.508 e. The highest BCUT2D eigenvalue weighted by molar-refractivity contribution is 6.00. The molecule has 0 saturated carbocycles. The van der Waals surface area contributed by atoms with Crippen LogP contribution in [0.2, 0.25) is 0 Å².